The first-order chi connectivity index (χ1) is 4.43. The molecular formula is C7H13NO. The van der Waals surface area contributed by atoms with E-state index in [4.69, 9.17) is 4.74 Å². The first-order valence-corrected chi connectivity index (χ1v) is 3.37. The fourth-order valence-electron chi connectivity index (χ4n) is 0.668. The monoisotopic (exact) mass is 127 g/mol. The zero-order chi connectivity index (χ0) is 6.53. The fraction of sp³-hybridized carbons (Fsp3) is 0.714. The summed E-state index contributed by atoms with van der Waals surface area (Å²) in [6.45, 7) is 4.82. The molecule has 1 aliphatic heterocycles. The van der Waals surface area contributed by atoms with Crippen molar-refractivity contribution < 1.29 is 4.74 Å². The Morgan fingerprint density at radius 3 is 2.89 bits per heavy atom. The summed E-state index contributed by atoms with van der Waals surface area (Å²) in [6, 6.07) is 0. The van der Waals surface area contributed by atoms with Gasteiger partial charge in [0.1, 0.15) is 0 Å². The number of ether oxygens (including phenoxy) is 1. The minimum atomic E-state index is 0.473. The molecule has 0 radical (unpaired) electrons. The lowest BCUT2D eigenvalue weighted by Gasteiger charge is -2.26. The highest BCUT2D eigenvalue weighted by Crippen LogP contribution is 1.96. The third-order valence-corrected chi connectivity index (χ3v) is 1.41. The van der Waals surface area contributed by atoms with E-state index < -0.39 is 0 Å². The predicted octanol–water partition coefficient (Wildman–Crippen LogP) is 0.551. The second kappa shape index (κ2) is 3.64. The van der Waals surface area contributed by atoms with Crippen LogP contribution in [0.15, 0.2) is 12.2 Å². The second-order valence-corrected chi connectivity index (χ2v) is 2.18. The zero-order valence-electron chi connectivity index (χ0n) is 5.76. The van der Waals surface area contributed by atoms with Crippen LogP contribution in [0, 0.1) is 0 Å². The van der Waals surface area contributed by atoms with Crippen molar-refractivity contribution in [3.63, 3.8) is 0 Å². The van der Waals surface area contributed by atoms with Gasteiger partial charge in [0.05, 0.1) is 12.7 Å². The third kappa shape index (κ3) is 2.16. The van der Waals surface area contributed by atoms with Crippen molar-refractivity contribution in [1.29, 1.82) is 0 Å². The van der Waals surface area contributed by atoms with Crippen LogP contribution in [0.4, 0.5) is 0 Å². The van der Waals surface area contributed by atoms with Gasteiger partial charge >= 0.3 is 0 Å². The lowest BCUT2D eigenvalue weighted by Crippen LogP contribution is -2.48. The molecule has 9 heavy (non-hydrogen) atoms. The molecule has 0 saturated carbocycles. The van der Waals surface area contributed by atoms with E-state index in [1.54, 1.807) is 0 Å². The molecule has 0 unspecified atom stereocenters. The number of rotatable bonds is 3. The molecule has 0 aromatic carbocycles. The van der Waals surface area contributed by atoms with Gasteiger partial charge in [-0.1, -0.05) is 12.2 Å². The number of hydrogen-bond donors (Lipinski definition) is 1. The number of allylic oxidation sites excluding steroid dienone is 1. The summed E-state index contributed by atoms with van der Waals surface area (Å²) < 4.78 is 5.37. The molecule has 0 aromatic rings. The van der Waals surface area contributed by atoms with Crippen molar-refractivity contribution in [2.75, 3.05) is 19.7 Å². The van der Waals surface area contributed by atoms with Crippen LogP contribution in [0.3, 0.4) is 0 Å². The molecule has 0 atom stereocenters. The van der Waals surface area contributed by atoms with Crippen molar-refractivity contribution in [2.24, 2.45) is 0 Å². The zero-order valence-corrected chi connectivity index (χ0v) is 5.76. The van der Waals surface area contributed by atoms with Crippen LogP contribution in [-0.2, 0) is 4.74 Å². The average Bonchev–Trinajstić information content (AvgIpc) is 1.76. The van der Waals surface area contributed by atoms with Gasteiger partial charge in [-0.2, -0.15) is 0 Å². The molecule has 1 rings (SSSR count). The van der Waals surface area contributed by atoms with Gasteiger partial charge in [-0.3, -0.25) is 0 Å². The van der Waals surface area contributed by atoms with E-state index in [0.29, 0.717) is 6.10 Å². The average molecular weight is 127 g/mol. The van der Waals surface area contributed by atoms with Crippen LogP contribution < -0.4 is 5.32 Å². The van der Waals surface area contributed by atoms with Crippen LogP contribution in [0.2, 0.25) is 0 Å². The normalized spacial score (nSPS) is 20.6. The summed E-state index contributed by atoms with van der Waals surface area (Å²) in [5.74, 6) is 0. The topological polar surface area (TPSA) is 21.3 Å². The molecule has 1 N–H and O–H groups in total. The highest BCUT2D eigenvalue weighted by molar-refractivity contribution is 4.80. The summed E-state index contributed by atoms with van der Waals surface area (Å²) in [5, 5.41) is 3.14. The summed E-state index contributed by atoms with van der Waals surface area (Å²) in [6.07, 6.45) is 4.51. The Morgan fingerprint density at radius 2 is 2.44 bits per heavy atom. The van der Waals surface area contributed by atoms with E-state index in [0.717, 1.165) is 19.7 Å². The van der Waals surface area contributed by atoms with Crippen LogP contribution in [0.5, 0.6) is 0 Å². The van der Waals surface area contributed by atoms with Gasteiger partial charge < -0.3 is 10.1 Å². The molecule has 1 saturated heterocycles. The molecule has 0 aromatic heterocycles. The molecule has 0 spiro atoms. The van der Waals surface area contributed by atoms with E-state index in [2.05, 4.69) is 5.32 Å². The lowest BCUT2D eigenvalue weighted by atomic mass is 10.2. The van der Waals surface area contributed by atoms with E-state index in [1.165, 1.54) is 0 Å². The smallest absolute Gasteiger partial charge is 0.0827 e. The molecule has 1 aliphatic rings. The first kappa shape index (κ1) is 6.78. The minimum Gasteiger partial charge on any atom is -0.372 e. The largest absolute Gasteiger partial charge is 0.372 e. The molecule has 52 valence electrons. The van der Waals surface area contributed by atoms with Gasteiger partial charge in [0.15, 0.2) is 0 Å². The van der Waals surface area contributed by atoms with Crippen molar-refractivity contribution in [1.82, 2.24) is 5.32 Å². The molecule has 1 fully saturated rings. The fourth-order valence-corrected chi connectivity index (χ4v) is 0.668. The van der Waals surface area contributed by atoms with Gasteiger partial charge in [0.2, 0.25) is 0 Å². The molecular weight excluding hydrogens is 114 g/mol. The van der Waals surface area contributed by atoms with E-state index in [9.17, 15) is 0 Å². The summed E-state index contributed by atoms with van der Waals surface area (Å²) >= 11 is 0. The van der Waals surface area contributed by atoms with Crippen LogP contribution in [0.25, 0.3) is 0 Å². The van der Waals surface area contributed by atoms with Gasteiger partial charge in [0.25, 0.3) is 0 Å². The minimum absolute atomic E-state index is 0.473. The van der Waals surface area contributed by atoms with Gasteiger partial charge in [-0.05, 0) is 6.92 Å². The Labute approximate surface area is 55.9 Å². The van der Waals surface area contributed by atoms with Crippen molar-refractivity contribution in [3.05, 3.63) is 12.2 Å². The molecule has 1 heterocycles. The lowest BCUT2D eigenvalue weighted by molar-refractivity contribution is 0.0364. The Morgan fingerprint density at radius 1 is 1.67 bits per heavy atom. The SMILES string of the molecule is C/C=C\COC1CNC1. The molecule has 2 heteroatoms. The van der Waals surface area contributed by atoms with Gasteiger partial charge in [0, 0.05) is 13.1 Å². The Balaban J connectivity index is 1.91. The highest BCUT2D eigenvalue weighted by atomic mass is 16.5. The maximum Gasteiger partial charge on any atom is 0.0827 e. The van der Waals surface area contributed by atoms with E-state index in [1.807, 2.05) is 19.1 Å². The summed E-state index contributed by atoms with van der Waals surface area (Å²) in [4.78, 5) is 0. The number of nitrogens with one attached hydrogen (secondary N) is 1. The summed E-state index contributed by atoms with van der Waals surface area (Å²) in [7, 11) is 0. The highest BCUT2D eigenvalue weighted by Gasteiger charge is 2.15. The Bertz CT molecular complexity index is 97.1. The van der Waals surface area contributed by atoms with Gasteiger partial charge in [-0.15, -0.1) is 0 Å². The summed E-state index contributed by atoms with van der Waals surface area (Å²) in [5.41, 5.74) is 0. The second-order valence-electron chi connectivity index (χ2n) is 2.18. The van der Waals surface area contributed by atoms with Crippen LogP contribution in [0.1, 0.15) is 6.92 Å². The predicted molar refractivity (Wildman–Crippen MR) is 37.4 cm³/mol. The quantitative estimate of drug-likeness (QED) is 0.559. The van der Waals surface area contributed by atoms with Gasteiger partial charge in [-0.25, -0.2) is 0 Å². The molecule has 2 nitrogen and oxygen atoms in total. The third-order valence-electron chi connectivity index (χ3n) is 1.41. The Kier molecular flexibility index (Phi) is 2.74. The maximum atomic E-state index is 5.37. The molecule has 0 bridgehead atoms. The molecule has 0 aliphatic carbocycles. The van der Waals surface area contributed by atoms with Crippen molar-refractivity contribution in [3.8, 4) is 0 Å². The van der Waals surface area contributed by atoms with Crippen LogP contribution >= 0.6 is 0 Å². The molecule has 0 amide bonds. The number of hydrogen-bond acceptors (Lipinski definition) is 2. The standard InChI is InChI=1S/C7H13NO/c1-2-3-4-9-7-5-8-6-7/h2-3,7-8H,4-6H2,1H3/b3-2-. The maximum absolute atomic E-state index is 5.37. The van der Waals surface area contributed by atoms with E-state index in [-0.39, 0.29) is 0 Å². The van der Waals surface area contributed by atoms with E-state index >= 15 is 0 Å². The first-order valence-electron chi connectivity index (χ1n) is 3.37. The Hall–Kier alpha value is -0.340. The van der Waals surface area contributed by atoms with Crippen molar-refractivity contribution in [2.45, 2.75) is 13.0 Å². The van der Waals surface area contributed by atoms with Crippen LogP contribution in [-0.4, -0.2) is 25.8 Å². The van der Waals surface area contributed by atoms with Crippen molar-refractivity contribution >= 4 is 0 Å².